The molecule has 2 amide bonds. The molecule has 0 unspecified atom stereocenters. The summed E-state index contributed by atoms with van der Waals surface area (Å²) in [5.41, 5.74) is 1.72. The van der Waals surface area contributed by atoms with E-state index in [-0.39, 0.29) is 23.3 Å². The van der Waals surface area contributed by atoms with Gasteiger partial charge in [0.05, 0.1) is 5.56 Å². The maximum absolute atomic E-state index is 12.7. The highest BCUT2D eigenvalue weighted by Gasteiger charge is 2.25. The van der Waals surface area contributed by atoms with E-state index in [1.165, 1.54) is 0 Å². The summed E-state index contributed by atoms with van der Waals surface area (Å²) < 4.78 is 0. The number of nitrogens with one attached hydrogen (secondary N) is 2. The van der Waals surface area contributed by atoms with Crippen LogP contribution in [0.15, 0.2) is 24.3 Å². The van der Waals surface area contributed by atoms with E-state index >= 15 is 0 Å². The van der Waals surface area contributed by atoms with Crippen LogP contribution in [0.2, 0.25) is 0 Å². The van der Waals surface area contributed by atoms with Crippen molar-refractivity contribution in [2.24, 2.45) is 5.41 Å². The molecular formula is C23H38N4O2. The number of amides is 2. The van der Waals surface area contributed by atoms with Crippen molar-refractivity contribution in [2.75, 3.05) is 45.2 Å². The molecular weight excluding hydrogens is 364 g/mol. The third-order valence-electron chi connectivity index (χ3n) is 5.11. The van der Waals surface area contributed by atoms with Crippen LogP contribution >= 0.6 is 0 Å². The van der Waals surface area contributed by atoms with Crippen LogP contribution in [0, 0.1) is 5.41 Å². The van der Waals surface area contributed by atoms with E-state index in [9.17, 15) is 9.59 Å². The van der Waals surface area contributed by atoms with Gasteiger partial charge in [0.25, 0.3) is 5.91 Å². The monoisotopic (exact) mass is 402 g/mol. The fourth-order valence-electron chi connectivity index (χ4n) is 3.66. The Morgan fingerprint density at radius 2 is 1.79 bits per heavy atom. The van der Waals surface area contributed by atoms with Crippen LogP contribution in [0.1, 0.15) is 56.8 Å². The quantitative estimate of drug-likeness (QED) is 0.656. The van der Waals surface area contributed by atoms with E-state index in [1.54, 1.807) is 0 Å². The van der Waals surface area contributed by atoms with Crippen molar-refractivity contribution >= 4 is 17.5 Å². The zero-order valence-corrected chi connectivity index (χ0v) is 18.8. The SMILES string of the molecule is CN(C)CCCNC(=O)c1ccccc1N1CCC(NC(=O)CC(C)(C)C)CC1. The fraction of sp³-hybridized carbons (Fsp3) is 0.652. The molecule has 0 radical (unpaired) electrons. The second kappa shape index (κ2) is 10.6. The van der Waals surface area contributed by atoms with Crippen molar-refractivity contribution < 1.29 is 9.59 Å². The molecule has 0 bridgehead atoms. The Bertz CT molecular complexity index is 674. The molecule has 1 saturated heterocycles. The molecule has 0 aliphatic carbocycles. The Balaban J connectivity index is 1.89. The topological polar surface area (TPSA) is 64.7 Å². The van der Waals surface area contributed by atoms with Gasteiger partial charge in [0.1, 0.15) is 0 Å². The van der Waals surface area contributed by atoms with Crippen molar-refractivity contribution in [3.05, 3.63) is 29.8 Å². The first-order valence-corrected chi connectivity index (χ1v) is 10.7. The summed E-state index contributed by atoms with van der Waals surface area (Å²) >= 11 is 0. The number of para-hydroxylation sites is 1. The van der Waals surface area contributed by atoms with Gasteiger partial charge in [-0.1, -0.05) is 32.9 Å². The Hall–Kier alpha value is -2.08. The Morgan fingerprint density at radius 3 is 2.41 bits per heavy atom. The largest absolute Gasteiger partial charge is 0.371 e. The van der Waals surface area contributed by atoms with Crippen LogP contribution in [0.4, 0.5) is 5.69 Å². The average Bonchev–Trinajstić information content (AvgIpc) is 2.64. The first-order chi connectivity index (χ1) is 13.7. The van der Waals surface area contributed by atoms with Gasteiger partial charge in [-0.15, -0.1) is 0 Å². The highest BCUT2D eigenvalue weighted by atomic mass is 16.2. The van der Waals surface area contributed by atoms with Gasteiger partial charge in [-0.05, 0) is 57.5 Å². The molecule has 1 aliphatic rings. The summed E-state index contributed by atoms with van der Waals surface area (Å²) in [5.74, 6) is 0.119. The molecule has 0 atom stereocenters. The lowest BCUT2D eigenvalue weighted by Gasteiger charge is -2.35. The molecule has 6 heteroatoms. The van der Waals surface area contributed by atoms with Crippen LogP contribution in [0.3, 0.4) is 0 Å². The van der Waals surface area contributed by atoms with Crippen LogP contribution in [-0.4, -0.2) is 63.0 Å². The molecule has 0 spiro atoms. The van der Waals surface area contributed by atoms with Gasteiger partial charge in [0.2, 0.25) is 5.91 Å². The molecule has 2 N–H and O–H groups in total. The smallest absolute Gasteiger partial charge is 0.253 e. The Kier molecular flexibility index (Phi) is 8.50. The van der Waals surface area contributed by atoms with E-state index in [2.05, 4.69) is 41.2 Å². The van der Waals surface area contributed by atoms with Crippen LogP contribution in [0.5, 0.6) is 0 Å². The molecule has 162 valence electrons. The number of nitrogens with zero attached hydrogens (tertiary/aromatic N) is 2. The summed E-state index contributed by atoms with van der Waals surface area (Å²) in [6.07, 6.45) is 3.27. The summed E-state index contributed by atoms with van der Waals surface area (Å²) in [5, 5.41) is 6.22. The molecule has 29 heavy (non-hydrogen) atoms. The molecule has 1 aromatic carbocycles. The van der Waals surface area contributed by atoms with Crippen LogP contribution in [-0.2, 0) is 4.79 Å². The Labute approximate surface area is 176 Å². The molecule has 0 saturated carbocycles. The minimum atomic E-state index is -0.0139. The summed E-state index contributed by atoms with van der Waals surface area (Å²) in [6, 6.07) is 8.03. The van der Waals surface area contributed by atoms with Crippen LogP contribution in [0.25, 0.3) is 0 Å². The van der Waals surface area contributed by atoms with Gasteiger partial charge >= 0.3 is 0 Å². The third kappa shape index (κ3) is 8.05. The number of hydrogen-bond donors (Lipinski definition) is 2. The van der Waals surface area contributed by atoms with Crippen molar-refractivity contribution in [3.63, 3.8) is 0 Å². The number of hydrogen-bond acceptors (Lipinski definition) is 4. The van der Waals surface area contributed by atoms with Gasteiger partial charge in [0, 0.05) is 37.8 Å². The maximum atomic E-state index is 12.7. The standard InChI is InChI=1S/C23H38N4O2/c1-23(2,3)17-21(28)25-18-11-15-27(16-12-18)20-10-7-6-9-19(20)22(29)24-13-8-14-26(4)5/h6-7,9-10,18H,8,11-17H2,1-5H3,(H,24,29)(H,25,28). The second-order valence-corrected chi connectivity index (χ2v) is 9.50. The molecule has 1 heterocycles. The van der Waals surface area contributed by atoms with E-state index in [4.69, 9.17) is 0 Å². The van der Waals surface area contributed by atoms with Crippen LogP contribution < -0.4 is 15.5 Å². The lowest BCUT2D eigenvalue weighted by atomic mass is 9.91. The minimum Gasteiger partial charge on any atom is -0.371 e. The van der Waals surface area contributed by atoms with Gasteiger partial charge < -0.3 is 20.4 Å². The highest BCUT2D eigenvalue weighted by Crippen LogP contribution is 2.25. The lowest BCUT2D eigenvalue weighted by molar-refractivity contribution is -0.123. The van der Waals surface area contributed by atoms with Gasteiger partial charge in [-0.25, -0.2) is 0 Å². The molecule has 1 fully saturated rings. The minimum absolute atomic E-state index is 0.00360. The molecule has 1 aromatic rings. The number of carbonyl (C=O) groups is 2. The molecule has 0 aromatic heterocycles. The van der Waals surface area contributed by atoms with Crippen molar-refractivity contribution in [3.8, 4) is 0 Å². The fourth-order valence-corrected chi connectivity index (χ4v) is 3.66. The first-order valence-electron chi connectivity index (χ1n) is 10.7. The van der Waals surface area contributed by atoms with E-state index in [1.807, 2.05) is 38.4 Å². The average molecular weight is 403 g/mol. The van der Waals surface area contributed by atoms with Gasteiger partial charge in [-0.2, -0.15) is 0 Å². The molecule has 1 aliphatic heterocycles. The zero-order valence-electron chi connectivity index (χ0n) is 18.8. The Morgan fingerprint density at radius 1 is 1.14 bits per heavy atom. The zero-order chi connectivity index (χ0) is 21.4. The van der Waals surface area contributed by atoms with Crippen molar-refractivity contribution in [1.29, 1.82) is 0 Å². The van der Waals surface area contributed by atoms with E-state index in [0.29, 0.717) is 13.0 Å². The third-order valence-corrected chi connectivity index (χ3v) is 5.11. The first kappa shape index (κ1) is 23.2. The van der Waals surface area contributed by atoms with Crippen molar-refractivity contribution in [2.45, 2.75) is 52.5 Å². The van der Waals surface area contributed by atoms with Crippen molar-refractivity contribution in [1.82, 2.24) is 15.5 Å². The summed E-state index contributed by atoms with van der Waals surface area (Å²) in [6.45, 7) is 9.55. The predicted molar refractivity (Wildman–Crippen MR) is 119 cm³/mol. The maximum Gasteiger partial charge on any atom is 0.253 e. The number of rotatable bonds is 8. The number of benzene rings is 1. The van der Waals surface area contributed by atoms with E-state index < -0.39 is 0 Å². The lowest BCUT2D eigenvalue weighted by Crippen LogP contribution is -2.45. The predicted octanol–water partition coefficient (Wildman–Crippen LogP) is 2.89. The number of carbonyl (C=O) groups excluding carboxylic acids is 2. The van der Waals surface area contributed by atoms with Gasteiger partial charge in [-0.3, -0.25) is 9.59 Å². The number of anilines is 1. The summed E-state index contributed by atoms with van der Waals surface area (Å²) in [7, 11) is 4.07. The van der Waals surface area contributed by atoms with Gasteiger partial charge in [0.15, 0.2) is 0 Å². The highest BCUT2D eigenvalue weighted by molar-refractivity contribution is 5.99. The molecule has 2 rings (SSSR count). The molecule has 6 nitrogen and oxygen atoms in total. The van der Waals surface area contributed by atoms with E-state index in [0.717, 1.165) is 50.1 Å². The number of piperidine rings is 1. The summed E-state index contributed by atoms with van der Waals surface area (Å²) in [4.78, 5) is 29.3. The second-order valence-electron chi connectivity index (χ2n) is 9.50. The normalized spacial score (nSPS) is 15.4.